The number of hydrogen-bond donors (Lipinski definition) is 1. The number of hydrogen-bond acceptors (Lipinski definition) is 2. The van der Waals surface area contributed by atoms with Gasteiger partial charge in [-0.3, -0.25) is 9.36 Å². The molecule has 2 aromatic carbocycles. The Morgan fingerprint density at radius 1 is 1.15 bits per heavy atom. The summed E-state index contributed by atoms with van der Waals surface area (Å²) in [7, 11) is 0. The molecule has 0 atom stereocenters. The van der Waals surface area contributed by atoms with Crippen LogP contribution in [0, 0.1) is 11.7 Å². The Balaban J connectivity index is 2.48. The van der Waals surface area contributed by atoms with Gasteiger partial charge in [-0.2, -0.15) is 0 Å². The van der Waals surface area contributed by atoms with E-state index in [9.17, 15) is 4.79 Å². The van der Waals surface area contributed by atoms with Crippen LogP contribution in [0.15, 0.2) is 51.7 Å². The number of halogens is 1. The summed E-state index contributed by atoms with van der Waals surface area (Å²) < 4.78 is 2.73. The first-order chi connectivity index (χ1) is 9.59. The van der Waals surface area contributed by atoms with Crippen LogP contribution in [0.5, 0.6) is 0 Å². The Hall–Kier alpha value is -1.72. The summed E-state index contributed by atoms with van der Waals surface area (Å²) in [5, 5.41) is 0.634. The summed E-state index contributed by atoms with van der Waals surface area (Å²) >= 11 is 8.81. The van der Waals surface area contributed by atoms with Crippen molar-refractivity contribution in [2.75, 3.05) is 0 Å². The van der Waals surface area contributed by atoms with E-state index in [1.807, 2.05) is 49.4 Å². The summed E-state index contributed by atoms with van der Waals surface area (Å²) in [5.74, 6) is 0. The molecule has 0 fully saturated rings. The summed E-state index contributed by atoms with van der Waals surface area (Å²) in [4.78, 5) is 15.9. The number of rotatable bonds is 1. The number of aromatic amines is 1. The van der Waals surface area contributed by atoms with Gasteiger partial charge in [0.15, 0.2) is 4.77 Å². The molecule has 3 nitrogen and oxygen atoms in total. The molecule has 0 unspecified atom stereocenters. The van der Waals surface area contributed by atoms with Gasteiger partial charge in [0.2, 0.25) is 0 Å². The molecule has 3 aromatic rings. The van der Waals surface area contributed by atoms with E-state index in [0.717, 1.165) is 21.2 Å². The predicted octanol–water partition coefficient (Wildman–Crippen LogP) is 4.12. The van der Waals surface area contributed by atoms with Crippen molar-refractivity contribution in [3.8, 4) is 5.69 Å². The minimum Gasteiger partial charge on any atom is -0.331 e. The normalized spacial score (nSPS) is 10.9. The summed E-state index contributed by atoms with van der Waals surface area (Å²) in [6.07, 6.45) is 0. The van der Waals surface area contributed by atoms with Crippen molar-refractivity contribution < 1.29 is 0 Å². The smallest absolute Gasteiger partial charge is 0.266 e. The predicted molar refractivity (Wildman–Crippen MR) is 87.2 cm³/mol. The molecule has 0 amide bonds. The van der Waals surface area contributed by atoms with E-state index in [2.05, 4.69) is 20.9 Å². The summed E-state index contributed by atoms with van der Waals surface area (Å²) in [6, 6.07) is 13.2. The maximum Gasteiger partial charge on any atom is 0.266 e. The van der Waals surface area contributed by atoms with Crippen molar-refractivity contribution in [3.63, 3.8) is 0 Å². The standard InChI is InChI=1S/C15H11BrN2OS/c1-9-5-4-6-10-13(9)17-15(20)18(14(10)19)12-8-3-2-7-11(12)16/h2-8H,1H3,(H,17,20). The number of nitrogens with one attached hydrogen (secondary N) is 1. The maximum atomic E-state index is 12.7. The van der Waals surface area contributed by atoms with Crippen LogP contribution in [0.4, 0.5) is 0 Å². The Labute approximate surface area is 129 Å². The van der Waals surface area contributed by atoms with Gasteiger partial charge in [-0.1, -0.05) is 24.3 Å². The van der Waals surface area contributed by atoms with Gasteiger partial charge in [0.05, 0.1) is 16.6 Å². The molecule has 0 aliphatic carbocycles. The molecule has 0 aliphatic rings. The van der Waals surface area contributed by atoms with E-state index in [4.69, 9.17) is 12.2 Å². The average Bonchev–Trinajstić information content (AvgIpc) is 2.42. The molecular weight excluding hydrogens is 336 g/mol. The fourth-order valence-corrected chi connectivity index (χ4v) is 2.98. The van der Waals surface area contributed by atoms with E-state index >= 15 is 0 Å². The van der Waals surface area contributed by atoms with Gasteiger partial charge < -0.3 is 4.98 Å². The fraction of sp³-hybridized carbons (Fsp3) is 0.0667. The molecule has 0 aliphatic heterocycles. The Morgan fingerprint density at radius 2 is 1.90 bits per heavy atom. The molecule has 1 heterocycles. The van der Waals surface area contributed by atoms with Gasteiger partial charge in [-0.15, -0.1) is 0 Å². The second kappa shape index (κ2) is 5.00. The van der Waals surface area contributed by atoms with Gasteiger partial charge in [-0.05, 0) is 58.8 Å². The van der Waals surface area contributed by atoms with Crippen molar-refractivity contribution in [3.05, 3.63) is 67.6 Å². The van der Waals surface area contributed by atoms with Crippen LogP contribution in [-0.2, 0) is 0 Å². The first kappa shape index (κ1) is 13.3. The summed E-state index contributed by atoms with van der Waals surface area (Å²) in [5.41, 5.74) is 2.43. The third-order valence-corrected chi connectivity index (χ3v) is 4.19. The molecule has 1 N–H and O–H groups in total. The zero-order valence-electron chi connectivity index (χ0n) is 10.7. The highest BCUT2D eigenvalue weighted by molar-refractivity contribution is 9.10. The quantitative estimate of drug-likeness (QED) is 0.673. The molecule has 0 bridgehead atoms. The lowest BCUT2D eigenvalue weighted by atomic mass is 10.1. The molecule has 20 heavy (non-hydrogen) atoms. The maximum absolute atomic E-state index is 12.7. The molecule has 0 saturated carbocycles. The molecule has 5 heteroatoms. The number of aromatic nitrogens is 2. The second-order valence-electron chi connectivity index (χ2n) is 4.52. The van der Waals surface area contributed by atoms with Gasteiger partial charge >= 0.3 is 0 Å². The highest BCUT2D eigenvalue weighted by Crippen LogP contribution is 2.20. The Kier molecular flexibility index (Phi) is 3.31. The lowest BCUT2D eigenvalue weighted by molar-refractivity contribution is 0.934. The number of nitrogens with zero attached hydrogens (tertiary/aromatic N) is 1. The Morgan fingerprint density at radius 3 is 2.65 bits per heavy atom. The van der Waals surface area contributed by atoms with Crippen LogP contribution in [0.3, 0.4) is 0 Å². The van der Waals surface area contributed by atoms with Crippen LogP contribution in [0.2, 0.25) is 0 Å². The van der Waals surface area contributed by atoms with Crippen molar-refractivity contribution >= 4 is 39.1 Å². The fourth-order valence-electron chi connectivity index (χ4n) is 2.24. The first-order valence-electron chi connectivity index (χ1n) is 6.09. The third kappa shape index (κ3) is 2.03. The molecule has 100 valence electrons. The van der Waals surface area contributed by atoms with E-state index in [1.165, 1.54) is 4.57 Å². The summed E-state index contributed by atoms with van der Waals surface area (Å²) in [6.45, 7) is 1.95. The number of para-hydroxylation sites is 2. The minimum absolute atomic E-state index is 0.112. The monoisotopic (exact) mass is 346 g/mol. The number of aryl methyl sites for hydroxylation is 1. The van der Waals surface area contributed by atoms with E-state index in [-0.39, 0.29) is 5.56 Å². The molecule has 3 rings (SSSR count). The van der Waals surface area contributed by atoms with Crippen LogP contribution < -0.4 is 5.56 Å². The van der Waals surface area contributed by atoms with Gasteiger partial charge in [0, 0.05) is 4.47 Å². The number of benzene rings is 2. The van der Waals surface area contributed by atoms with Crippen molar-refractivity contribution in [2.24, 2.45) is 0 Å². The molecule has 0 saturated heterocycles. The first-order valence-corrected chi connectivity index (χ1v) is 7.29. The highest BCUT2D eigenvalue weighted by Gasteiger charge is 2.10. The van der Waals surface area contributed by atoms with Crippen LogP contribution in [0.25, 0.3) is 16.6 Å². The van der Waals surface area contributed by atoms with Crippen molar-refractivity contribution in [1.82, 2.24) is 9.55 Å². The van der Waals surface area contributed by atoms with E-state index in [1.54, 1.807) is 0 Å². The third-order valence-electron chi connectivity index (χ3n) is 3.23. The minimum atomic E-state index is -0.112. The highest BCUT2D eigenvalue weighted by atomic mass is 79.9. The molecular formula is C15H11BrN2OS. The molecule has 1 aromatic heterocycles. The topological polar surface area (TPSA) is 37.8 Å². The van der Waals surface area contributed by atoms with Crippen molar-refractivity contribution in [2.45, 2.75) is 6.92 Å². The molecule has 0 radical (unpaired) electrons. The van der Waals surface area contributed by atoms with E-state index in [0.29, 0.717) is 10.2 Å². The van der Waals surface area contributed by atoms with Gasteiger partial charge in [-0.25, -0.2) is 0 Å². The van der Waals surface area contributed by atoms with E-state index < -0.39 is 0 Å². The van der Waals surface area contributed by atoms with Crippen LogP contribution in [-0.4, -0.2) is 9.55 Å². The van der Waals surface area contributed by atoms with Crippen LogP contribution >= 0.6 is 28.1 Å². The SMILES string of the molecule is Cc1cccc2c(=O)n(-c3ccccc3Br)c(=S)[nH]c12. The lowest BCUT2D eigenvalue weighted by Crippen LogP contribution is -2.21. The zero-order chi connectivity index (χ0) is 14.3. The molecule has 0 spiro atoms. The van der Waals surface area contributed by atoms with Gasteiger partial charge in [0.25, 0.3) is 5.56 Å². The van der Waals surface area contributed by atoms with Crippen molar-refractivity contribution in [1.29, 1.82) is 0 Å². The van der Waals surface area contributed by atoms with Crippen LogP contribution in [0.1, 0.15) is 5.56 Å². The second-order valence-corrected chi connectivity index (χ2v) is 5.76. The average molecular weight is 347 g/mol. The van der Waals surface area contributed by atoms with Gasteiger partial charge in [0.1, 0.15) is 0 Å². The zero-order valence-corrected chi connectivity index (χ0v) is 13.1. The largest absolute Gasteiger partial charge is 0.331 e. The lowest BCUT2D eigenvalue weighted by Gasteiger charge is -2.10. The Bertz CT molecular complexity index is 927. The number of fused-ring (bicyclic) bond motifs is 1. The number of H-pyrrole nitrogens is 1.